The number of benzene rings is 1. The normalized spacial score (nSPS) is 22.5. The van der Waals surface area contributed by atoms with E-state index in [-0.39, 0.29) is 23.0 Å². The maximum absolute atomic E-state index is 13.0. The number of fused-ring (bicyclic) bond motifs is 1. The summed E-state index contributed by atoms with van der Waals surface area (Å²) in [5.41, 5.74) is 1.01. The van der Waals surface area contributed by atoms with Crippen molar-refractivity contribution in [2.75, 3.05) is 26.7 Å². The van der Waals surface area contributed by atoms with Crippen LogP contribution < -0.4 is 5.43 Å². The molecule has 2 aliphatic heterocycles. The molecule has 1 aromatic carbocycles. The molecule has 2 aliphatic rings. The van der Waals surface area contributed by atoms with Gasteiger partial charge in [-0.1, -0.05) is 11.6 Å². The Labute approximate surface area is 150 Å². The van der Waals surface area contributed by atoms with Gasteiger partial charge in [0, 0.05) is 38.6 Å². The molecule has 0 N–H and O–H groups in total. The number of nitrogens with zero attached hydrogens (tertiary/aromatic N) is 3. The van der Waals surface area contributed by atoms with Gasteiger partial charge >= 0.3 is 6.09 Å². The highest BCUT2D eigenvalue weighted by Gasteiger charge is 2.49. The van der Waals surface area contributed by atoms with Gasteiger partial charge in [-0.25, -0.2) is 4.79 Å². The maximum Gasteiger partial charge on any atom is 0.410 e. The lowest BCUT2D eigenvalue weighted by Gasteiger charge is -2.22. The van der Waals surface area contributed by atoms with Crippen LogP contribution in [0, 0.1) is 6.92 Å². The quantitative estimate of drug-likeness (QED) is 0.777. The largest absolute Gasteiger partial charge is 0.439 e. The van der Waals surface area contributed by atoms with E-state index in [1.165, 1.54) is 4.90 Å². The van der Waals surface area contributed by atoms with Gasteiger partial charge in [0.05, 0.1) is 18.6 Å². The van der Waals surface area contributed by atoms with Crippen LogP contribution in [0.15, 0.2) is 29.2 Å². The smallest absolute Gasteiger partial charge is 0.410 e. The Morgan fingerprint density at radius 3 is 2.65 bits per heavy atom. The van der Waals surface area contributed by atoms with Crippen molar-refractivity contribution in [2.24, 2.45) is 7.05 Å². The van der Waals surface area contributed by atoms with Gasteiger partial charge in [0.15, 0.2) is 5.60 Å². The third-order valence-electron chi connectivity index (χ3n) is 5.32. The third kappa shape index (κ3) is 2.46. The number of likely N-dealkylation sites (N-methyl/N-ethyl adjacent to an activating group) is 1. The Morgan fingerprint density at radius 1 is 1.19 bits per heavy atom. The fourth-order valence-electron chi connectivity index (χ4n) is 3.95. The minimum Gasteiger partial charge on any atom is -0.439 e. The number of hydrogen-bond donors (Lipinski definition) is 0. The number of likely N-dealkylation sites (tertiary alicyclic amines) is 1. The van der Waals surface area contributed by atoms with Crippen molar-refractivity contribution in [2.45, 2.75) is 18.9 Å². The molecule has 26 heavy (non-hydrogen) atoms. The van der Waals surface area contributed by atoms with E-state index in [4.69, 9.17) is 4.74 Å². The summed E-state index contributed by atoms with van der Waals surface area (Å²) in [6, 6.07) is 5.64. The molecule has 7 nitrogen and oxygen atoms in total. The summed E-state index contributed by atoms with van der Waals surface area (Å²) in [5.74, 6) is -0.309. The molecule has 1 unspecified atom stereocenters. The zero-order valence-corrected chi connectivity index (χ0v) is 15.1. The van der Waals surface area contributed by atoms with E-state index in [1.807, 2.05) is 32.2 Å². The summed E-state index contributed by atoms with van der Waals surface area (Å²) in [5, 5.41) is 0.541. The molecule has 136 valence electrons. The first-order valence-electron chi connectivity index (χ1n) is 8.63. The molecule has 1 atom stereocenters. The zero-order chi connectivity index (χ0) is 18.6. The summed E-state index contributed by atoms with van der Waals surface area (Å²) >= 11 is 0. The first kappa shape index (κ1) is 16.6. The van der Waals surface area contributed by atoms with Gasteiger partial charge in [0.25, 0.3) is 5.91 Å². The van der Waals surface area contributed by atoms with Crippen molar-refractivity contribution in [3.05, 3.63) is 45.7 Å². The van der Waals surface area contributed by atoms with Gasteiger partial charge in [-0.2, -0.15) is 0 Å². The number of rotatable bonds is 1. The number of pyridine rings is 1. The SMILES string of the molecule is Cc1ccc2c(c1)c(=O)c(C(=O)N1CCC3(CN(C)C(=O)O3)C1)cn2C. The second-order valence-electron chi connectivity index (χ2n) is 7.39. The molecule has 2 fully saturated rings. The van der Waals surface area contributed by atoms with Crippen LogP contribution in [0.2, 0.25) is 0 Å². The van der Waals surface area contributed by atoms with Crippen molar-refractivity contribution in [3.63, 3.8) is 0 Å². The first-order chi connectivity index (χ1) is 12.3. The lowest BCUT2D eigenvalue weighted by Crippen LogP contribution is -2.40. The zero-order valence-electron chi connectivity index (χ0n) is 15.1. The fourth-order valence-corrected chi connectivity index (χ4v) is 3.95. The molecule has 0 saturated carbocycles. The third-order valence-corrected chi connectivity index (χ3v) is 5.32. The Hall–Kier alpha value is -2.83. The van der Waals surface area contributed by atoms with Crippen LogP contribution in [0.1, 0.15) is 22.3 Å². The van der Waals surface area contributed by atoms with Crippen LogP contribution in [0.25, 0.3) is 10.9 Å². The number of carbonyl (C=O) groups excluding carboxylic acids is 2. The molecular weight excluding hydrogens is 334 g/mol. The number of carbonyl (C=O) groups is 2. The van der Waals surface area contributed by atoms with Gasteiger partial charge < -0.3 is 19.1 Å². The second kappa shape index (κ2) is 5.59. The average Bonchev–Trinajstić information content (AvgIpc) is 3.13. The summed E-state index contributed by atoms with van der Waals surface area (Å²) in [6.07, 6.45) is 1.82. The van der Waals surface area contributed by atoms with Gasteiger partial charge in [0.2, 0.25) is 5.43 Å². The predicted octanol–water partition coefficient (Wildman–Crippen LogP) is 1.51. The van der Waals surface area contributed by atoms with Crippen LogP contribution >= 0.6 is 0 Å². The molecule has 7 heteroatoms. The van der Waals surface area contributed by atoms with E-state index >= 15 is 0 Å². The molecule has 0 radical (unpaired) electrons. The first-order valence-corrected chi connectivity index (χ1v) is 8.63. The van der Waals surface area contributed by atoms with Crippen molar-refractivity contribution < 1.29 is 14.3 Å². The molecule has 3 heterocycles. The van der Waals surface area contributed by atoms with Gasteiger partial charge in [0.1, 0.15) is 5.56 Å². The Balaban J connectivity index is 1.68. The highest BCUT2D eigenvalue weighted by Crippen LogP contribution is 2.32. The fraction of sp³-hybridized carbons (Fsp3) is 0.421. The van der Waals surface area contributed by atoms with Crippen molar-refractivity contribution in [1.82, 2.24) is 14.4 Å². The molecule has 2 saturated heterocycles. The molecule has 2 amide bonds. The topological polar surface area (TPSA) is 71.8 Å². The summed E-state index contributed by atoms with van der Waals surface area (Å²) < 4.78 is 7.29. The monoisotopic (exact) mass is 355 g/mol. The highest BCUT2D eigenvalue weighted by atomic mass is 16.6. The Morgan fingerprint density at radius 2 is 1.96 bits per heavy atom. The Kier molecular flexibility index (Phi) is 3.57. The molecule has 4 rings (SSSR count). The van der Waals surface area contributed by atoms with Gasteiger partial charge in [-0.15, -0.1) is 0 Å². The number of hydrogen-bond acceptors (Lipinski definition) is 4. The van der Waals surface area contributed by atoms with E-state index in [0.29, 0.717) is 31.4 Å². The predicted molar refractivity (Wildman–Crippen MR) is 96.3 cm³/mol. The van der Waals surface area contributed by atoms with Crippen LogP contribution in [0.4, 0.5) is 4.79 Å². The maximum atomic E-state index is 13.0. The average molecular weight is 355 g/mol. The van der Waals surface area contributed by atoms with E-state index in [9.17, 15) is 14.4 Å². The van der Waals surface area contributed by atoms with E-state index < -0.39 is 5.60 Å². The summed E-state index contributed by atoms with van der Waals surface area (Å²) in [6.45, 7) is 3.17. The number of ether oxygens (including phenoxy) is 1. The standard InChI is InChI=1S/C19H21N3O4/c1-12-4-5-15-13(8-12)16(23)14(9-20(15)2)17(24)22-7-6-19(11-22)10-21(3)18(25)26-19/h4-5,8-9H,6-7,10-11H2,1-3H3. The van der Waals surface area contributed by atoms with Crippen molar-refractivity contribution in [3.8, 4) is 0 Å². The minimum absolute atomic E-state index is 0.153. The lowest BCUT2D eigenvalue weighted by atomic mass is 10.0. The van der Waals surface area contributed by atoms with Crippen LogP contribution in [-0.2, 0) is 11.8 Å². The Bertz CT molecular complexity index is 996. The summed E-state index contributed by atoms with van der Waals surface area (Å²) in [4.78, 5) is 40.7. The molecular formula is C19H21N3O4. The van der Waals surface area contributed by atoms with Crippen LogP contribution in [-0.4, -0.2) is 58.7 Å². The molecule has 0 aliphatic carbocycles. The number of aryl methyl sites for hydroxylation is 2. The highest BCUT2D eigenvalue weighted by molar-refractivity contribution is 5.97. The van der Waals surface area contributed by atoms with Gasteiger partial charge in [-0.05, 0) is 19.1 Å². The number of aromatic nitrogens is 1. The van der Waals surface area contributed by atoms with E-state index in [1.54, 1.807) is 22.7 Å². The molecule has 1 spiro atoms. The van der Waals surface area contributed by atoms with Crippen LogP contribution in [0.5, 0.6) is 0 Å². The second-order valence-corrected chi connectivity index (χ2v) is 7.39. The minimum atomic E-state index is -0.653. The van der Waals surface area contributed by atoms with E-state index in [0.717, 1.165) is 11.1 Å². The molecule has 0 bridgehead atoms. The molecule has 1 aromatic heterocycles. The lowest BCUT2D eigenvalue weighted by molar-refractivity contribution is 0.0552. The van der Waals surface area contributed by atoms with Gasteiger partial charge in [-0.3, -0.25) is 9.59 Å². The van der Waals surface area contributed by atoms with Crippen LogP contribution in [0.3, 0.4) is 0 Å². The van der Waals surface area contributed by atoms with Crippen molar-refractivity contribution >= 4 is 22.9 Å². The molecule has 2 aromatic rings. The van der Waals surface area contributed by atoms with Crippen molar-refractivity contribution in [1.29, 1.82) is 0 Å². The van der Waals surface area contributed by atoms with E-state index in [2.05, 4.69) is 0 Å². The summed E-state index contributed by atoms with van der Waals surface area (Å²) in [7, 11) is 3.51. The number of amides is 2.